The zero-order chi connectivity index (χ0) is 12.7. The Morgan fingerprint density at radius 3 is 2.71 bits per heavy atom. The van der Waals surface area contributed by atoms with Crippen LogP contribution in [-0.2, 0) is 4.79 Å². The standard InChI is InChI=1S/C11H13ClN4O/c1-6(2)16-7(3)10(17)15(4)8-5-13-11(12)14-9(8)16/h5-6H,3H2,1-2,4H3. The Morgan fingerprint density at radius 1 is 1.47 bits per heavy atom. The lowest BCUT2D eigenvalue weighted by atomic mass is 10.2. The molecule has 1 aliphatic heterocycles. The number of anilines is 2. The minimum absolute atomic E-state index is 0.0740. The number of aromatic nitrogens is 2. The van der Waals surface area contributed by atoms with Gasteiger partial charge >= 0.3 is 0 Å². The third kappa shape index (κ3) is 1.76. The van der Waals surface area contributed by atoms with Crippen LogP contribution in [-0.4, -0.2) is 29.0 Å². The summed E-state index contributed by atoms with van der Waals surface area (Å²) in [5.74, 6) is 0.462. The van der Waals surface area contributed by atoms with E-state index >= 15 is 0 Å². The van der Waals surface area contributed by atoms with Crippen LogP contribution < -0.4 is 9.80 Å². The number of fused-ring (bicyclic) bond motifs is 1. The highest BCUT2D eigenvalue weighted by molar-refractivity contribution is 6.28. The van der Waals surface area contributed by atoms with E-state index in [1.807, 2.05) is 13.8 Å². The second-order valence-corrected chi connectivity index (χ2v) is 4.46. The van der Waals surface area contributed by atoms with Crippen LogP contribution in [0, 0.1) is 0 Å². The first-order chi connectivity index (χ1) is 7.93. The minimum atomic E-state index is -0.155. The van der Waals surface area contributed by atoms with Gasteiger partial charge in [-0.25, -0.2) is 4.98 Å². The van der Waals surface area contributed by atoms with Crippen molar-refractivity contribution in [2.75, 3.05) is 16.8 Å². The van der Waals surface area contributed by atoms with Crippen LogP contribution in [0.4, 0.5) is 11.5 Å². The molecule has 1 amide bonds. The lowest BCUT2D eigenvalue weighted by molar-refractivity contribution is -0.115. The molecule has 90 valence electrons. The Balaban J connectivity index is 2.65. The van der Waals surface area contributed by atoms with Gasteiger partial charge in [0.05, 0.1) is 6.20 Å². The Bertz CT molecular complexity index is 500. The number of rotatable bonds is 1. The van der Waals surface area contributed by atoms with Crippen molar-refractivity contribution in [3.63, 3.8) is 0 Å². The summed E-state index contributed by atoms with van der Waals surface area (Å²) in [5, 5.41) is 0.157. The molecule has 1 aromatic heterocycles. The van der Waals surface area contributed by atoms with Crippen LogP contribution >= 0.6 is 11.6 Å². The molecule has 0 radical (unpaired) electrons. The van der Waals surface area contributed by atoms with Crippen LogP contribution in [0.25, 0.3) is 0 Å². The van der Waals surface area contributed by atoms with Crippen molar-refractivity contribution >= 4 is 29.0 Å². The summed E-state index contributed by atoms with van der Waals surface area (Å²) in [4.78, 5) is 23.3. The quantitative estimate of drug-likeness (QED) is 0.565. The Morgan fingerprint density at radius 2 is 2.12 bits per heavy atom. The van der Waals surface area contributed by atoms with Gasteiger partial charge in [0.15, 0.2) is 5.82 Å². The Labute approximate surface area is 105 Å². The molecule has 0 aliphatic carbocycles. The van der Waals surface area contributed by atoms with Gasteiger partial charge in [-0.15, -0.1) is 0 Å². The van der Waals surface area contributed by atoms with Gasteiger partial charge in [-0.1, -0.05) is 6.58 Å². The van der Waals surface area contributed by atoms with E-state index in [0.29, 0.717) is 17.2 Å². The fourth-order valence-corrected chi connectivity index (χ4v) is 1.98. The second kappa shape index (κ2) is 4.00. The van der Waals surface area contributed by atoms with E-state index in [2.05, 4.69) is 16.5 Å². The molecule has 6 heteroatoms. The average Bonchev–Trinajstić information content (AvgIpc) is 2.25. The first kappa shape index (κ1) is 11.9. The molecule has 1 aromatic rings. The molecular formula is C11H13ClN4O. The molecule has 2 rings (SSSR count). The highest BCUT2D eigenvalue weighted by Crippen LogP contribution is 2.35. The van der Waals surface area contributed by atoms with E-state index in [1.165, 1.54) is 4.90 Å². The third-order valence-electron chi connectivity index (χ3n) is 2.67. The number of likely N-dealkylation sites (N-methyl/N-ethyl adjacent to an activating group) is 1. The van der Waals surface area contributed by atoms with Crippen LogP contribution in [0.1, 0.15) is 13.8 Å². The number of amides is 1. The fraction of sp³-hybridized carbons (Fsp3) is 0.364. The predicted molar refractivity (Wildman–Crippen MR) is 67.2 cm³/mol. The molecule has 0 atom stereocenters. The van der Waals surface area contributed by atoms with E-state index in [4.69, 9.17) is 11.6 Å². The zero-order valence-electron chi connectivity index (χ0n) is 9.94. The minimum Gasteiger partial charge on any atom is -0.318 e. The van der Waals surface area contributed by atoms with Crippen molar-refractivity contribution in [2.45, 2.75) is 19.9 Å². The summed E-state index contributed by atoms with van der Waals surface area (Å²) in [7, 11) is 1.67. The largest absolute Gasteiger partial charge is 0.318 e. The SMILES string of the molecule is C=C1C(=O)N(C)c2cnc(Cl)nc2N1C(C)C. The van der Waals surface area contributed by atoms with Gasteiger partial charge in [0.2, 0.25) is 5.28 Å². The summed E-state index contributed by atoms with van der Waals surface area (Å²) in [5.41, 5.74) is 1.03. The van der Waals surface area contributed by atoms with Crippen LogP contribution in [0.3, 0.4) is 0 Å². The van der Waals surface area contributed by atoms with Gasteiger partial charge in [-0.05, 0) is 25.4 Å². The van der Waals surface area contributed by atoms with Crippen molar-refractivity contribution in [1.29, 1.82) is 0 Å². The van der Waals surface area contributed by atoms with E-state index < -0.39 is 0 Å². The molecule has 5 nitrogen and oxygen atoms in total. The van der Waals surface area contributed by atoms with Gasteiger partial charge in [0, 0.05) is 13.1 Å². The third-order valence-corrected chi connectivity index (χ3v) is 2.85. The summed E-state index contributed by atoms with van der Waals surface area (Å²) >= 11 is 5.80. The molecule has 0 unspecified atom stereocenters. The number of carbonyl (C=O) groups excluding carboxylic acids is 1. The molecule has 0 N–H and O–H groups in total. The summed E-state index contributed by atoms with van der Waals surface area (Å²) < 4.78 is 0. The van der Waals surface area contributed by atoms with Crippen molar-refractivity contribution < 1.29 is 4.79 Å². The number of hydrogen-bond acceptors (Lipinski definition) is 4. The molecule has 0 fully saturated rings. The van der Waals surface area contributed by atoms with Gasteiger partial charge in [-0.3, -0.25) is 4.79 Å². The molecule has 2 heterocycles. The Hall–Kier alpha value is -1.62. The normalized spacial score (nSPS) is 15.6. The van der Waals surface area contributed by atoms with Crippen molar-refractivity contribution in [3.8, 4) is 0 Å². The maximum Gasteiger partial charge on any atom is 0.274 e. The lowest BCUT2D eigenvalue weighted by Crippen LogP contribution is -2.45. The van der Waals surface area contributed by atoms with Gasteiger partial charge in [0.25, 0.3) is 5.91 Å². The van der Waals surface area contributed by atoms with Crippen molar-refractivity contribution in [3.05, 3.63) is 23.8 Å². The number of carbonyl (C=O) groups is 1. The predicted octanol–water partition coefficient (Wildman–Crippen LogP) is 1.83. The summed E-state index contributed by atoms with van der Waals surface area (Å²) in [6.07, 6.45) is 1.55. The van der Waals surface area contributed by atoms with Crippen LogP contribution in [0.2, 0.25) is 5.28 Å². The van der Waals surface area contributed by atoms with Crippen molar-refractivity contribution in [2.24, 2.45) is 0 Å². The van der Waals surface area contributed by atoms with E-state index in [0.717, 1.165) is 0 Å². The second-order valence-electron chi connectivity index (χ2n) is 4.12. The summed E-state index contributed by atoms with van der Waals surface area (Å²) in [6.45, 7) is 7.73. The molecule has 0 spiro atoms. The molecule has 0 bridgehead atoms. The van der Waals surface area contributed by atoms with E-state index in [9.17, 15) is 4.79 Å². The number of halogens is 1. The highest BCUT2D eigenvalue weighted by Gasteiger charge is 2.33. The molecule has 1 aliphatic rings. The molecule has 0 aromatic carbocycles. The van der Waals surface area contributed by atoms with Gasteiger partial charge in [-0.2, -0.15) is 4.98 Å². The van der Waals surface area contributed by atoms with Crippen LogP contribution in [0.15, 0.2) is 18.5 Å². The van der Waals surface area contributed by atoms with E-state index in [-0.39, 0.29) is 17.2 Å². The molecule has 0 saturated carbocycles. The molecule has 0 saturated heterocycles. The maximum atomic E-state index is 12.0. The summed E-state index contributed by atoms with van der Waals surface area (Å²) in [6, 6.07) is 0.0740. The first-order valence-corrected chi connectivity index (χ1v) is 5.60. The Kier molecular flexibility index (Phi) is 2.79. The van der Waals surface area contributed by atoms with Crippen LogP contribution in [0.5, 0.6) is 0 Å². The zero-order valence-corrected chi connectivity index (χ0v) is 10.7. The smallest absolute Gasteiger partial charge is 0.274 e. The molecule has 17 heavy (non-hydrogen) atoms. The molecular weight excluding hydrogens is 240 g/mol. The first-order valence-electron chi connectivity index (χ1n) is 5.22. The van der Waals surface area contributed by atoms with Gasteiger partial charge < -0.3 is 9.80 Å². The topological polar surface area (TPSA) is 49.3 Å². The fourth-order valence-electron chi connectivity index (χ4n) is 1.85. The monoisotopic (exact) mass is 252 g/mol. The lowest BCUT2D eigenvalue weighted by Gasteiger charge is -2.37. The number of hydrogen-bond donors (Lipinski definition) is 0. The van der Waals surface area contributed by atoms with E-state index in [1.54, 1.807) is 18.1 Å². The van der Waals surface area contributed by atoms with Crippen molar-refractivity contribution in [1.82, 2.24) is 9.97 Å². The highest BCUT2D eigenvalue weighted by atomic mass is 35.5. The average molecular weight is 253 g/mol. The number of nitrogens with zero attached hydrogens (tertiary/aromatic N) is 4. The maximum absolute atomic E-state index is 12.0. The van der Waals surface area contributed by atoms with Gasteiger partial charge in [0.1, 0.15) is 11.4 Å².